The number of phenolic OH excluding ortho intramolecular Hbond substituents is 1. The molecule has 0 radical (unpaired) electrons. The molecule has 2 aromatic carbocycles. The minimum absolute atomic E-state index is 0.124. The molecule has 220 valence electrons. The third-order valence-electron chi connectivity index (χ3n) is 9.41. The van der Waals surface area contributed by atoms with Crippen molar-refractivity contribution in [1.82, 2.24) is 30.2 Å². The van der Waals surface area contributed by atoms with Crippen molar-refractivity contribution in [3.63, 3.8) is 0 Å². The molecule has 10 nitrogen and oxygen atoms in total. The Morgan fingerprint density at radius 1 is 1.09 bits per heavy atom. The number of hydrogen-bond donors (Lipinski definition) is 2. The van der Waals surface area contributed by atoms with Crippen LogP contribution in [-0.4, -0.2) is 94.6 Å². The van der Waals surface area contributed by atoms with Crippen LogP contribution in [0, 0.1) is 17.8 Å². The van der Waals surface area contributed by atoms with Crippen molar-refractivity contribution in [1.29, 1.82) is 0 Å². The number of hydrogen-bond acceptors (Lipinski definition) is 10. The van der Waals surface area contributed by atoms with Gasteiger partial charge in [0.1, 0.15) is 11.6 Å². The zero-order valence-corrected chi connectivity index (χ0v) is 24.1. The number of aromatic hydroxyl groups is 1. The van der Waals surface area contributed by atoms with Crippen molar-refractivity contribution in [2.75, 3.05) is 57.4 Å². The fourth-order valence-corrected chi connectivity index (χ4v) is 6.97. The van der Waals surface area contributed by atoms with Gasteiger partial charge in [-0.1, -0.05) is 18.1 Å². The summed E-state index contributed by atoms with van der Waals surface area (Å²) < 4.78 is 11.9. The second-order valence-electron chi connectivity index (χ2n) is 12.5. The van der Waals surface area contributed by atoms with Gasteiger partial charge in [0.25, 0.3) is 0 Å². The van der Waals surface area contributed by atoms with Gasteiger partial charge in [0.2, 0.25) is 0 Å². The van der Waals surface area contributed by atoms with E-state index in [2.05, 4.69) is 21.0 Å². The molecule has 0 spiro atoms. The van der Waals surface area contributed by atoms with Crippen LogP contribution < -0.4 is 15.0 Å². The van der Waals surface area contributed by atoms with Crippen LogP contribution in [0.1, 0.15) is 31.2 Å². The van der Waals surface area contributed by atoms with Crippen molar-refractivity contribution < 1.29 is 14.6 Å². The fourth-order valence-electron chi connectivity index (χ4n) is 6.97. The maximum absolute atomic E-state index is 10.6. The lowest BCUT2D eigenvalue weighted by Gasteiger charge is -2.34. The van der Waals surface area contributed by atoms with Crippen LogP contribution in [0.4, 0.5) is 5.82 Å². The topological polar surface area (TPSA) is 109 Å². The number of anilines is 1. The zero-order valence-electron chi connectivity index (χ0n) is 24.1. The number of benzene rings is 2. The average molecular weight is 578 g/mol. The van der Waals surface area contributed by atoms with Crippen LogP contribution in [0.25, 0.3) is 33.2 Å². The highest BCUT2D eigenvalue weighted by Crippen LogP contribution is 2.46. The molecule has 8 rings (SSSR count). The number of nitrogens with one attached hydrogen (secondary N) is 1. The summed E-state index contributed by atoms with van der Waals surface area (Å²) >= 11 is 0. The Hall–Kier alpha value is -4.04. The van der Waals surface area contributed by atoms with Gasteiger partial charge < -0.3 is 24.8 Å². The van der Waals surface area contributed by atoms with Gasteiger partial charge in [0.15, 0.2) is 11.5 Å². The first-order chi connectivity index (χ1) is 21.1. The second-order valence-corrected chi connectivity index (χ2v) is 12.5. The number of ether oxygens (including phenoxy) is 2. The molecule has 2 unspecified atom stereocenters. The Labute approximate surface area is 250 Å². The predicted molar refractivity (Wildman–Crippen MR) is 164 cm³/mol. The molecular weight excluding hydrogens is 542 g/mol. The molecule has 2 N–H and O–H groups in total. The Kier molecular flexibility index (Phi) is 6.55. The van der Waals surface area contributed by atoms with Crippen molar-refractivity contribution in [3.8, 4) is 35.5 Å². The maximum atomic E-state index is 10.6. The van der Waals surface area contributed by atoms with E-state index in [1.807, 2.05) is 18.2 Å². The van der Waals surface area contributed by atoms with Gasteiger partial charge in [-0.15, -0.1) is 6.42 Å². The molecule has 4 fully saturated rings. The van der Waals surface area contributed by atoms with Gasteiger partial charge in [-0.2, -0.15) is 9.97 Å². The second kappa shape index (κ2) is 10.6. The first-order valence-corrected chi connectivity index (χ1v) is 15.3. The maximum Gasteiger partial charge on any atom is 0.320 e. The summed E-state index contributed by atoms with van der Waals surface area (Å²) in [7, 11) is 0. The molecule has 3 saturated heterocycles. The standard InChI is InChI=1S/C33H35N7O3/c1-2-21-4-3-5-22-14-25(41)15-26(28(21)22)29-34-16-27-30(36-29)37-32(38-31(27)40-17-23-6-7-24(18-40)35-23)43-20-33(8-9-33)19-39-10-12-42-13-11-39/h1,3-5,14-16,23-24,35,41H,6-13,17-20H2. The number of fused-ring (bicyclic) bond motifs is 4. The van der Waals surface area contributed by atoms with Crippen LogP contribution in [0.2, 0.25) is 0 Å². The number of phenols is 1. The Bertz CT molecular complexity index is 1730. The minimum atomic E-state index is 0.124. The van der Waals surface area contributed by atoms with E-state index in [0.29, 0.717) is 41.7 Å². The number of rotatable bonds is 7. The molecular formula is C33H35N7O3. The van der Waals surface area contributed by atoms with E-state index in [0.717, 1.165) is 86.3 Å². The van der Waals surface area contributed by atoms with Crippen molar-refractivity contribution in [2.24, 2.45) is 5.41 Å². The van der Waals surface area contributed by atoms with Gasteiger partial charge in [-0.25, -0.2) is 9.97 Å². The summed E-state index contributed by atoms with van der Waals surface area (Å²) in [6.45, 7) is 6.83. The lowest BCUT2D eigenvalue weighted by Crippen LogP contribution is -2.51. The van der Waals surface area contributed by atoms with E-state index < -0.39 is 0 Å². The van der Waals surface area contributed by atoms with Gasteiger partial charge in [-0.05, 0) is 49.3 Å². The van der Waals surface area contributed by atoms with E-state index in [-0.39, 0.29) is 11.2 Å². The molecule has 2 bridgehead atoms. The summed E-state index contributed by atoms with van der Waals surface area (Å²) in [5, 5.41) is 16.7. The van der Waals surface area contributed by atoms with E-state index in [1.54, 1.807) is 18.3 Å². The SMILES string of the molecule is C#Cc1cccc2cc(O)cc(-c3ncc4c(N5CC6CCC(C5)N6)nc(OCC5(CN6CCOCC6)CC5)nc4n3)c12. The summed E-state index contributed by atoms with van der Waals surface area (Å²) in [5.41, 5.74) is 2.03. The average Bonchev–Trinajstić information content (AvgIpc) is 3.72. The molecule has 0 amide bonds. The quantitative estimate of drug-likeness (QED) is 0.318. The number of nitrogens with zero attached hydrogens (tertiary/aromatic N) is 6. The van der Waals surface area contributed by atoms with Crippen molar-refractivity contribution in [2.45, 2.75) is 37.8 Å². The smallest absolute Gasteiger partial charge is 0.320 e. The normalized spacial score (nSPS) is 23.0. The number of morpholine rings is 1. The first kappa shape index (κ1) is 26.6. The predicted octanol–water partition coefficient (Wildman–Crippen LogP) is 3.36. The van der Waals surface area contributed by atoms with E-state index >= 15 is 0 Å². The van der Waals surface area contributed by atoms with E-state index in [9.17, 15) is 5.11 Å². The number of terminal acetylenes is 1. The Morgan fingerprint density at radius 3 is 2.67 bits per heavy atom. The van der Waals surface area contributed by atoms with Gasteiger partial charge >= 0.3 is 6.01 Å². The van der Waals surface area contributed by atoms with Crippen molar-refractivity contribution >= 4 is 27.6 Å². The Balaban J connectivity index is 1.18. The molecule has 1 saturated carbocycles. The molecule has 2 aromatic heterocycles. The van der Waals surface area contributed by atoms with Crippen LogP contribution in [-0.2, 0) is 4.74 Å². The highest BCUT2D eigenvalue weighted by Gasteiger charge is 2.45. The molecule has 2 atom stereocenters. The third-order valence-corrected chi connectivity index (χ3v) is 9.41. The third kappa shape index (κ3) is 5.12. The zero-order chi connectivity index (χ0) is 29.0. The van der Waals surface area contributed by atoms with Crippen LogP contribution in [0.5, 0.6) is 11.8 Å². The van der Waals surface area contributed by atoms with E-state index in [4.69, 9.17) is 35.8 Å². The highest BCUT2D eigenvalue weighted by molar-refractivity contribution is 6.01. The Morgan fingerprint density at radius 2 is 1.91 bits per heavy atom. The summed E-state index contributed by atoms with van der Waals surface area (Å²) in [6, 6.07) is 10.3. The van der Waals surface area contributed by atoms with Gasteiger partial charge in [-0.3, -0.25) is 4.90 Å². The molecule has 3 aliphatic heterocycles. The van der Waals surface area contributed by atoms with E-state index in [1.165, 1.54) is 12.8 Å². The molecule has 10 heteroatoms. The van der Waals surface area contributed by atoms with Gasteiger partial charge in [0.05, 0.1) is 25.2 Å². The molecule has 4 aliphatic rings. The summed E-state index contributed by atoms with van der Waals surface area (Å²) in [6.07, 6.45) is 12.3. The fraction of sp³-hybridized carbons (Fsp3) is 0.455. The largest absolute Gasteiger partial charge is 0.508 e. The van der Waals surface area contributed by atoms with Gasteiger partial charge in [0, 0.05) is 72.9 Å². The molecule has 4 aromatic rings. The van der Waals surface area contributed by atoms with Crippen LogP contribution in [0.15, 0.2) is 36.5 Å². The molecule has 43 heavy (non-hydrogen) atoms. The number of aromatic nitrogens is 4. The summed E-state index contributed by atoms with van der Waals surface area (Å²) in [4.78, 5) is 24.3. The lowest BCUT2D eigenvalue weighted by molar-refractivity contribution is 0.0231. The summed E-state index contributed by atoms with van der Waals surface area (Å²) in [5.74, 6) is 4.15. The van der Waals surface area contributed by atoms with Crippen LogP contribution >= 0.6 is 0 Å². The lowest BCUT2D eigenvalue weighted by atomic mass is 9.98. The highest BCUT2D eigenvalue weighted by atomic mass is 16.5. The number of piperazine rings is 1. The molecule has 1 aliphatic carbocycles. The monoisotopic (exact) mass is 577 g/mol. The van der Waals surface area contributed by atoms with Crippen LogP contribution in [0.3, 0.4) is 0 Å². The first-order valence-electron chi connectivity index (χ1n) is 15.3. The minimum Gasteiger partial charge on any atom is -0.508 e. The van der Waals surface area contributed by atoms with Crippen molar-refractivity contribution in [3.05, 3.63) is 42.1 Å². The molecule has 5 heterocycles.